The maximum absolute atomic E-state index is 6.28. The molecule has 1 unspecified atom stereocenters. The van der Waals surface area contributed by atoms with Crippen LogP contribution in [0.2, 0.25) is 10.0 Å². The van der Waals surface area contributed by atoms with Crippen molar-refractivity contribution in [2.75, 3.05) is 6.54 Å². The van der Waals surface area contributed by atoms with Gasteiger partial charge < -0.3 is 5.32 Å². The highest BCUT2D eigenvalue weighted by Crippen LogP contribution is 2.33. The lowest BCUT2D eigenvalue weighted by Gasteiger charge is -2.20. The zero-order valence-electron chi connectivity index (χ0n) is 10.6. The molecule has 5 heteroatoms. The molecule has 0 spiro atoms. The first-order valence-electron chi connectivity index (χ1n) is 6.17. The van der Waals surface area contributed by atoms with Crippen LogP contribution in [0.15, 0.2) is 36.8 Å². The van der Waals surface area contributed by atoms with Gasteiger partial charge in [-0.1, -0.05) is 36.2 Å². The Morgan fingerprint density at radius 1 is 1.21 bits per heavy atom. The summed E-state index contributed by atoms with van der Waals surface area (Å²) in [5.74, 6) is 0. The number of hydrogen-bond acceptors (Lipinski definition) is 3. The zero-order valence-corrected chi connectivity index (χ0v) is 12.1. The fourth-order valence-corrected chi connectivity index (χ4v) is 2.51. The van der Waals surface area contributed by atoms with Crippen LogP contribution < -0.4 is 5.32 Å². The summed E-state index contributed by atoms with van der Waals surface area (Å²) >= 11 is 12.6. The molecule has 100 valence electrons. The molecule has 1 aromatic heterocycles. The molecule has 0 aliphatic rings. The lowest BCUT2D eigenvalue weighted by molar-refractivity contribution is 0.584. The van der Waals surface area contributed by atoms with E-state index >= 15 is 0 Å². The van der Waals surface area contributed by atoms with Gasteiger partial charge in [0.2, 0.25) is 0 Å². The predicted molar refractivity (Wildman–Crippen MR) is 78.6 cm³/mol. The molecule has 0 saturated heterocycles. The lowest BCUT2D eigenvalue weighted by atomic mass is 10.0. The number of nitrogens with one attached hydrogen (secondary N) is 1. The van der Waals surface area contributed by atoms with Crippen LogP contribution in [0.1, 0.15) is 30.6 Å². The van der Waals surface area contributed by atoms with E-state index in [4.69, 9.17) is 23.2 Å². The highest BCUT2D eigenvalue weighted by Gasteiger charge is 2.20. The molecule has 1 aromatic carbocycles. The summed E-state index contributed by atoms with van der Waals surface area (Å²) in [5.41, 5.74) is 1.66. The smallest absolute Gasteiger partial charge is 0.0802 e. The van der Waals surface area contributed by atoms with Crippen molar-refractivity contribution in [2.45, 2.75) is 19.4 Å². The molecular weight excluding hydrogens is 281 g/mol. The first-order chi connectivity index (χ1) is 9.24. The van der Waals surface area contributed by atoms with Crippen molar-refractivity contribution < 1.29 is 0 Å². The SMILES string of the molecule is CCCNC(c1cnccn1)c1c(Cl)cccc1Cl. The molecule has 19 heavy (non-hydrogen) atoms. The van der Waals surface area contributed by atoms with Gasteiger partial charge in [-0.05, 0) is 25.1 Å². The van der Waals surface area contributed by atoms with Crippen LogP contribution in [0.5, 0.6) is 0 Å². The number of nitrogens with zero attached hydrogens (tertiary/aromatic N) is 2. The Morgan fingerprint density at radius 2 is 1.95 bits per heavy atom. The van der Waals surface area contributed by atoms with Crippen molar-refractivity contribution in [1.29, 1.82) is 0 Å². The normalized spacial score (nSPS) is 12.4. The largest absolute Gasteiger partial charge is 0.305 e. The van der Waals surface area contributed by atoms with E-state index in [2.05, 4.69) is 22.2 Å². The molecule has 1 atom stereocenters. The Balaban J connectivity index is 2.43. The molecule has 0 bridgehead atoms. The Bertz CT molecular complexity index is 511. The third-order valence-electron chi connectivity index (χ3n) is 2.77. The number of halogens is 2. The highest BCUT2D eigenvalue weighted by atomic mass is 35.5. The molecular formula is C14H15Cl2N3. The topological polar surface area (TPSA) is 37.8 Å². The van der Waals surface area contributed by atoms with E-state index in [0.29, 0.717) is 10.0 Å². The van der Waals surface area contributed by atoms with Crippen LogP contribution in [0, 0.1) is 0 Å². The van der Waals surface area contributed by atoms with Gasteiger partial charge in [0.1, 0.15) is 0 Å². The molecule has 1 heterocycles. The third kappa shape index (κ3) is 3.44. The van der Waals surface area contributed by atoms with Crippen LogP contribution >= 0.6 is 23.2 Å². The van der Waals surface area contributed by atoms with Crippen molar-refractivity contribution in [3.8, 4) is 0 Å². The Hall–Kier alpha value is -1.16. The molecule has 0 amide bonds. The van der Waals surface area contributed by atoms with Crippen LogP contribution in [0.3, 0.4) is 0 Å². The average molecular weight is 296 g/mol. The number of benzene rings is 1. The van der Waals surface area contributed by atoms with Gasteiger partial charge >= 0.3 is 0 Å². The summed E-state index contributed by atoms with van der Waals surface area (Å²) in [7, 11) is 0. The first kappa shape index (κ1) is 14.3. The van der Waals surface area contributed by atoms with Crippen LogP contribution in [-0.4, -0.2) is 16.5 Å². The maximum atomic E-state index is 6.28. The maximum Gasteiger partial charge on any atom is 0.0802 e. The van der Waals surface area contributed by atoms with E-state index in [1.165, 1.54) is 0 Å². The molecule has 0 aliphatic heterocycles. The van der Waals surface area contributed by atoms with Gasteiger partial charge in [0, 0.05) is 28.0 Å². The predicted octanol–water partition coefficient (Wildman–Crippen LogP) is 3.87. The monoisotopic (exact) mass is 295 g/mol. The van der Waals surface area contributed by atoms with Crippen LogP contribution in [0.4, 0.5) is 0 Å². The fourth-order valence-electron chi connectivity index (χ4n) is 1.89. The Labute approximate surface area is 123 Å². The quantitative estimate of drug-likeness (QED) is 0.910. The molecule has 1 N–H and O–H groups in total. The third-order valence-corrected chi connectivity index (χ3v) is 3.42. The number of aromatic nitrogens is 2. The molecule has 0 radical (unpaired) electrons. The second-order valence-electron chi connectivity index (χ2n) is 4.15. The summed E-state index contributed by atoms with van der Waals surface area (Å²) in [6.45, 7) is 2.96. The van der Waals surface area contributed by atoms with Gasteiger partial charge in [-0.15, -0.1) is 0 Å². The minimum absolute atomic E-state index is 0.144. The lowest BCUT2D eigenvalue weighted by Crippen LogP contribution is -2.24. The van der Waals surface area contributed by atoms with Gasteiger partial charge in [-0.2, -0.15) is 0 Å². The number of hydrogen-bond donors (Lipinski definition) is 1. The number of rotatable bonds is 5. The summed E-state index contributed by atoms with van der Waals surface area (Å²) in [5, 5.41) is 4.67. The molecule has 2 aromatic rings. The summed E-state index contributed by atoms with van der Waals surface area (Å²) in [4.78, 5) is 8.46. The van der Waals surface area contributed by atoms with Crippen LogP contribution in [0.25, 0.3) is 0 Å². The summed E-state index contributed by atoms with van der Waals surface area (Å²) in [6, 6.07) is 5.36. The van der Waals surface area contributed by atoms with Gasteiger partial charge in [-0.3, -0.25) is 9.97 Å². The van der Waals surface area contributed by atoms with E-state index in [-0.39, 0.29) is 6.04 Å². The minimum Gasteiger partial charge on any atom is -0.305 e. The second-order valence-corrected chi connectivity index (χ2v) is 4.97. The van der Waals surface area contributed by atoms with Crippen molar-refractivity contribution >= 4 is 23.2 Å². The standard InChI is InChI=1S/C14H15Cl2N3/c1-2-6-19-14(12-9-17-7-8-18-12)13-10(15)4-3-5-11(13)16/h3-5,7-9,14,19H,2,6H2,1H3. The summed E-state index contributed by atoms with van der Waals surface area (Å²) in [6.07, 6.45) is 6.06. The van der Waals surface area contributed by atoms with Gasteiger partial charge in [-0.25, -0.2) is 0 Å². The fraction of sp³-hybridized carbons (Fsp3) is 0.286. The molecule has 0 saturated carbocycles. The van der Waals surface area contributed by atoms with E-state index in [9.17, 15) is 0 Å². The minimum atomic E-state index is -0.144. The molecule has 0 aliphatic carbocycles. The molecule has 3 nitrogen and oxygen atoms in total. The molecule has 0 fully saturated rings. The van der Waals surface area contributed by atoms with Crippen molar-refractivity contribution in [1.82, 2.24) is 15.3 Å². The van der Waals surface area contributed by atoms with Crippen molar-refractivity contribution in [2.24, 2.45) is 0 Å². The Morgan fingerprint density at radius 3 is 2.53 bits per heavy atom. The second kappa shape index (κ2) is 6.85. The zero-order chi connectivity index (χ0) is 13.7. The van der Waals surface area contributed by atoms with Gasteiger partial charge in [0.05, 0.1) is 17.9 Å². The van der Waals surface area contributed by atoms with E-state index in [0.717, 1.165) is 24.2 Å². The first-order valence-corrected chi connectivity index (χ1v) is 6.92. The van der Waals surface area contributed by atoms with E-state index < -0.39 is 0 Å². The average Bonchev–Trinajstić information content (AvgIpc) is 2.43. The van der Waals surface area contributed by atoms with Crippen LogP contribution in [-0.2, 0) is 0 Å². The Kier molecular flexibility index (Phi) is 5.14. The van der Waals surface area contributed by atoms with Crippen molar-refractivity contribution in [3.63, 3.8) is 0 Å². The van der Waals surface area contributed by atoms with E-state index in [1.54, 1.807) is 18.6 Å². The molecule has 2 rings (SSSR count). The highest BCUT2D eigenvalue weighted by molar-refractivity contribution is 6.36. The van der Waals surface area contributed by atoms with Gasteiger partial charge in [0.25, 0.3) is 0 Å². The summed E-state index contributed by atoms with van der Waals surface area (Å²) < 4.78 is 0. The van der Waals surface area contributed by atoms with Gasteiger partial charge in [0.15, 0.2) is 0 Å². The van der Waals surface area contributed by atoms with Crippen molar-refractivity contribution in [3.05, 3.63) is 58.1 Å². The van der Waals surface area contributed by atoms with E-state index in [1.807, 2.05) is 18.2 Å².